The topological polar surface area (TPSA) is 114 Å². The second-order valence-electron chi connectivity index (χ2n) is 11.1. The smallest absolute Gasteiger partial charge is 0.311 e. The van der Waals surface area contributed by atoms with E-state index in [0.29, 0.717) is 0 Å². The Morgan fingerprint density at radius 1 is 1.07 bits per heavy atom. The number of halogens is 2. The SMILES string of the molecule is COC(=O)C1C2CCC(CC2)C1Nc1cc(-c2cn(S(=O)(=O)c3ccc(C)cc3)c3ncc(F)cc23)c(C#N)cc1F. The molecule has 3 saturated carbocycles. The highest BCUT2D eigenvalue weighted by molar-refractivity contribution is 7.90. The molecule has 216 valence electrons. The molecule has 0 amide bonds. The van der Waals surface area contributed by atoms with E-state index >= 15 is 4.39 Å². The van der Waals surface area contributed by atoms with Crippen molar-refractivity contribution >= 4 is 32.7 Å². The Balaban J connectivity index is 1.50. The van der Waals surface area contributed by atoms with Crippen molar-refractivity contribution in [1.82, 2.24) is 8.96 Å². The summed E-state index contributed by atoms with van der Waals surface area (Å²) in [5, 5.41) is 13.3. The predicted molar refractivity (Wildman–Crippen MR) is 152 cm³/mol. The fourth-order valence-corrected chi connectivity index (χ4v) is 7.91. The molecule has 0 aliphatic heterocycles. The number of nitrogens with zero attached hydrogens (tertiary/aromatic N) is 3. The largest absolute Gasteiger partial charge is 0.469 e. The van der Waals surface area contributed by atoms with Crippen LogP contribution in [0, 0.1) is 47.6 Å². The molecule has 0 radical (unpaired) electrons. The van der Waals surface area contributed by atoms with Crippen LogP contribution >= 0.6 is 0 Å². The van der Waals surface area contributed by atoms with Crippen molar-refractivity contribution in [3.05, 3.63) is 77.6 Å². The molecule has 2 atom stereocenters. The Morgan fingerprint density at radius 3 is 2.43 bits per heavy atom. The van der Waals surface area contributed by atoms with Gasteiger partial charge < -0.3 is 10.1 Å². The van der Waals surface area contributed by atoms with Crippen LogP contribution < -0.4 is 5.32 Å². The number of esters is 1. The Hall–Kier alpha value is -4.30. The van der Waals surface area contributed by atoms with Crippen molar-refractivity contribution in [3.63, 3.8) is 0 Å². The van der Waals surface area contributed by atoms with Gasteiger partial charge in [0.15, 0.2) is 5.65 Å². The van der Waals surface area contributed by atoms with Crippen molar-refractivity contribution in [2.24, 2.45) is 17.8 Å². The summed E-state index contributed by atoms with van der Waals surface area (Å²) in [5.74, 6) is -1.92. The molecule has 1 N–H and O–H groups in total. The summed E-state index contributed by atoms with van der Waals surface area (Å²) in [6, 6.07) is 11.5. The van der Waals surface area contributed by atoms with Gasteiger partial charge in [-0.2, -0.15) is 5.26 Å². The minimum Gasteiger partial charge on any atom is -0.469 e. The highest BCUT2D eigenvalue weighted by Gasteiger charge is 2.48. The molecular weight excluding hydrogens is 562 g/mol. The molecule has 2 unspecified atom stereocenters. The molecule has 0 spiro atoms. The van der Waals surface area contributed by atoms with Crippen molar-refractivity contribution in [1.29, 1.82) is 5.26 Å². The normalized spacial score (nSPS) is 21.7. The van der Waals surface area contributed by atoms with E-state index in [4.69, 9.17) is 4.74 Å². The number of hydrogen-bond donors (Lipinski definition) is 1. The standard InChI is InChI=1S/C31H28F2N4O4S/c1-17-3-9-22(10-4-17)42(39,40)37-16-25(24-12-21(32)15-35-30(24)37)23-13-27(26(33)11-20(23)14-34)36-29-19-7-5-18(6-8-19)28(29)31(38)41-2/h3-4,9-13,15-16,18-19,28-29,36H,5-8H2,1-2H3. The number of fused-ring (bicyclic) bond motifs is 4. The fraction of sp³-hybridized carbons (Fsp3) is 0.323. The van der Waals surface area contributed by atoms with Crippen LogP contribution in [0.15, 0.2) is 59.8 Å². The summed E-state index contributed by atoms with van der Waals surface area (Å²) < 4.78 is 63.3. The summed E-state index contributed by atoms with van der Waals surface area (Å²) in [6.07, 6.45) is 5.80. The third-order valence-corrected chi connectivity index (χ3v) is 10.4. The van der Waals surface area contributed by atoms with E-state index in [-0.39, 0.29) is 62.2 Å². The van der Waals surface area contributed by atoms with Crippen LogP contribution in [0.25, 0.3) is 22.2 Å². The average molecular weight is 591 g/mol. The van der Waals surface area contributed by atoms with Crippen molar-refractivity contribution in [3.8, 4) is 17.2 Å². The van der Waals surface area contributed by atoms with Crippen LogP contribution in [0.4, 0.5) is 14.5 Å². The van der Waals surface area contributed by atoms with Crippen LogP contribution in [0.2, 0.25) is 0 Å². The van der Waals surface area contributed by atoms with Gasteiger partial charge in [0.05, 0.1) is 41.4 Å². The molecule has 11 heteroatoms. The van der Waals surface area contributed by atoms with Crippen molar-refractivity contribution in [2.45, 2.75) is 43.5 Å². The third-order valence-electron chi connectivity index (χ3n) is 8.69. The van der Waals surface area contributed by atoms with Crippen molar-refractivity contribution < 1.29 is 26.7 Å². The van der Waals surface area contributed by atoms with Crippen LogP contribution in [0.1, 0.15) is 36.8 Å². The van der Waals surface area contributed by atoms with Gasteiger partial charge in [0.2, 0.25) is 0 Å². The molecule has 3 aliphatic rings. The number of ether oxygens (including phenoxy) is 1. The van der Waals surface area contributed by atoms with E-state index < -0.39 is 27.6 Å². The molecular formula is C31H28F2N4O4S. The van der Waals surface area contributed by atoms with Gasteiger partial charge >= 0.3 is 5.97 Å². The average Bonchev–Trinajstić information content (AvgIpc) is 3.37. The fourth-order valence-electron chi connectivity index (χ4n) is 6.59. The maximum atomic E-state index is 15.5. The Bertz CT molecular complexity index is 1860. The van der Waals surface area contributed by atoms with E-state index in [1.165, 1.54) is 31.5 Å². The summed E-state index contributed by atoms with van der Waals surface area (Å²) in [4.78, 5) is 16.8. The van der Waals surface area contributed by atoms with Crippen LogP contribution in [0.3, 0.4) is 0 Å². The van der Waals surface area contributed by atoms with Gasteiger partial charge in [0.25, 0.3) is 10.0 Å². The van der Waals surface area contributed by atoms with Crippen molar-refractivity contribution in [2.75, 3.05) is 12.4 Å². The minimum atomic E-state index is -4.16. The van der Waals surface area contributed by atoms with Gasteiger partial charge in [-0.3, -0.25) is 4.79 Å². The quantitative estimate of drug-likeness (QED) is 0.283. The van der Waals surface area contributed by atoms with Gasteiger partial charge in [0.1, 0.15) is 11.6 Å². The maximum Gasteiger partial charge on any atom is 0.311 e. The first-order valence-electron chi connectivity index (χ1n) is 13.7. The van der Waals surface area contributed by atoms with Gasteiger partial charge in [0, 0.05) is 28.8 Å². The molecule has 7 rings (SSSR count). The minimum absolute atomic E-state index is 0.00541. The zero-order valence-corrected chi connectivity index (χ0v) is 23.8. The lowest BCUT2D eigenvalue weighted by molar-refractivity contribution is -0.152. The number of pyridine rings is 1. The molecule has 3 fully saturated rings. The zero-order chi connectivity index (χ0) is 29.8. The zero-order valence-electron chi connectivity index (χ0n) is 23.0. The second-order valence-corrected chi connectivity index (χ2v) is 12.9. The number of aryl methyl sites for hydroxylation is 1. The molecule has 2 aromatic heterocycles. The first-order valence-corrected chi connectivity index (χ1v) is 15.1. The van der Waals surface area contributed by atoms with Gasteiger partial charge in [-0.1, -0.05) is 17.7 Å². The summed E-state index contributed by atoms with van der Waals surface area (Å²) in [5.41, 5.74) is 1.22. The molecule has 8 nitrogen and oxygen atoms in total. The lowest BCUT2D eigenvalue weighted by Crippen LogP contribution is -2.51. The van der Waals surface area contributed by atoms with Gasteiger partial charge in [-0.25, -0.2) is 26.2 Å². The molecule has 0 saturated heterocycles. The number of aromatic nitrogens is 2. The molecule has 42 heavy (non-hydrogen) atoms. The summed E-state index contributed by atoms with van der Waals surface area (Å²) >= 11 is 0. The molecule has 2 heterocycles. The monoisotopic (exact) mass is 590 g/mol. The van der Waals surface area contributed by atoms with Gasteiger partial charge in [-0.15, -0.1) is 0 Å². The summed E-state index contributed by atoms with van der Waals surface area (Å²) in [6.45, 7) is 1.83. The van der Waals surface area contributed by atoms with Crippen LogP contribution in [-0.4, -0.2) is 36.5 Å². The number of carbonyl (C=O) groups excluding carboxylic acids is 1. The second kappa shape index (κ2) is 10.5. The number of carbonyl (C=O) groups is 1. The lowest BCUT2D eigenvalue weighted by Gasteiger charge is -2.47. The molecule has 2 bridgehead atoms. The van der Waals surface area contributed by atoms with E-state index in [1.54, 1.807) is 12.1 Å². The summed E-state index contributed by atoms with van der Waals surface area (Å²) in [7, 11) is -2.82. The number of rotatable bonds is 6. The van der Waals surface area contributed by atoms with E-state index in [9.17, 15) is 22.9 Å². The van der Waals surface area contributed by atoms with Crippen LogP contribution in [-0.2, 0) is 19.6 Å². The van der Waals surface area contributed by atoms with E-state index in [2.05, 4.69) is 10.3 Å². The van der Waals surface area contributed by atoms with Gasteiger partial charge in [-0.05, 0) is 74.8 Å². The Morgan fingerprint density at radius 2 is 1.76 bits per heavy atom. The highest BCUT2D eigenvalue weighted by atomic mass is 32.2. The predicted octanol–water partition coefficient (Wildman–Crippen LogP) is 5.79. The number of anilines is 1. The number of benzene rings is 2. The molecule has 4 aromatic rings. The first kappa shape index (κ1) is 27.8. The van der Waals surface area contributed by atoms with E-state index in [1.807, 2.05) is 13.0 Å². The van der Waals surface area contributed by atoms with Crippen LogP contribution in [0.5, 0.6) is 0 Å². The number of nitrogens with one attached hydrogen (secondary N) is 1. The lowest BCUT2D eigenvalue weighted by atomic mass is 9.61. The number of nitriles is 1. The highest BCUT2D eigenvalue weighted by Crippen LogP contribution is 2.47. The number of methoxy groups -OCH3 is 1. The van der Waals surface area contributed by atoms with E-state index in [0.717, 1.165) is 53.5 Å². The first-order chi connectivity index (χ1) is 20.1. The maximum absolute atomic E-state index is 15.5. The molecule has 2 aromatic carbocycles. The number of hydrogen-bond acceptors (Lipinski definition) is 7. The Kier molecular flexibility index (Phi) is 6.97. The third kappa shape index (κ3) is 4.60. The molecule has 3 aliphatic carbocycles. The Labute approximate surface area is 242 Å².